The van der Waals surface area contributed by atoms with E-state index in [1.54, 1.807) is 11.8 Å². The van der Waals surface area contributed by atoms with Gasteiger partial charge in [-0.2, -0.15) is 9.50 Å². The van der Waals surface area contributed by atoms with Gasteiger partial charge in [-0.3, -0.25) is 14.2 Å². The van der Waals surface area contributed by atoms with E-state index in [0.29, 0.717) is 68.4 Å². The first-order chi connectivity index (χ1) is 18.7. The first-order valence-corrected chi connectivity index (χ1v) is 18.3. The van der Waals surface area contributed by atoms with Gasteiger partial charge in [-0.15, -0.1) is 5.10 Å². The third-order valence-corrected chi connectivity index (χ3v) is 8.40. The number of nitrogens with zero attached hydrogens (tertiary/aromatic N) is 6. The van der Waals surface area contributed by atoms with Crippen molar-refractivity contribution in [2.75, 3.05) is 44.3 Å². The summed E-state index contributed by atoms with van der Waals surface area (Å²) < 4.78 is 20.2. The van der Waals surface area contributed by atoms with E-state index < -0.39 is 13.7 Å². The summed E-state index contributed by atoms with van der Waals surface area (Å²) in [6.07, 6.45) is 0.787. The standard InChI is InChI=1S/C26H43BrN6O6Si/c1-8-38-20(34)11-9-10-19-21(30-12-14-31(15-13-30)25(36)39-26(2,3)4)22(35)33-24(28-23(27)29-33)32(19)18-37-16-17-40(5,6)7/h8-18H2,1-7H3. The Morgan fingerprint density at radius 1 is 1.10 bits per heavy atom. The lowest BCUT2D eigenvalue weighted by molar-refractivity contribution is -0.143. The number of ether oxygens (including phenoxy) is 3. The number of anilines is 1. The van der Waals surface area contributed by atoms with Crippen molar-refractivity contribution in [2.45, 2.75) is 85.0 Å². The largest absolute Gasteiger partial charge is 0.466 e. The molecule has 0 saturated carbocycles. The molecule has 1 amide bonds. The minimum absolute atomic E-state index is 0.193. The van der Waals surface area contributed by atoms with Gasteiger partial charge in [-0.05, 0) is 62.5 Å². The van der Waals surface area contributed by atoms with E-state index in [4.69, 9.17) is 14.2 Å². The summed E-state index contributed by atoms with van der Waals surface area (Å²) >= 11 is 3.32. The first kappa shape index (κ1) is 32.1. The number of piperazine rings is 1. The molecule has 3 rings (SSSR count). The summed E-state index contributed by atoms with van der Waals surface area (Å²) in [6, 6.07) is 0.998. The molecule has 2 aromatic heterocycles. The molecule has 12 nitrogen and oxygen atoms in total. The molecule has 0 bridgehead atoms. The molecule has 2 aromatic rings. The number of carbonyl (C=O) groups excluding carboxylic acids is 2. The average Bonchev–Trinajstić information content (AvgIpc) is 3.24. The first-order valence-electron chi connectivity index (χ1n) is 13.8. The zero-order valence-electron chi connectivity index (χ0n) is 24.8. The molecule has 0 aliphatic carbocycles. The fourth-order valence-corrected chi connectivity index (χ4v) is 5.45. The predicted octanol–water partition coefficient (Wildman–Crippen LogP) is 3.91. The third-order valence-electron chi connectivity index (χ3n) is 6.36. The van der Waals surface area contributed by atoms with Gasteiger partial charge in [0, 0.05) is 47.3 Å². The van der Waals surface area contributed by atoms with Gasteiger partial charge in [0.2, 0.25) is 10.5 Å². The van der Waals surface area contributed by atoms with Crippen LogP contribution >= 0.6 is 15.9 Å². The Morgan fingerprint density at radius 2 is 1.77 bits per heavy atom. The zero-order valence-corrected chi connectivity index (χ0v) is 27.4. The van der Waals surface area contributed by atoms with Crippen molar-refractivity contribution in [3.63, 3.8) is 0 Å². The smallest absolute Gasteiger partial charge is 0.410 e. The molecule has 0 spiro atoms. The van der Waals surface area contributed by atoms with Crippen LogP contribution in [0.15, 0.2) is 9.53 Å². The number of amides is 1. The van der Waals surface area contributed by atoms with Gasteiger partial charge >= 0.3 is 12.1 Å². The summed E-state index contributed by atoms with van der Waals surface area (Å²) in [7, 11) is -1.30. The van der Waals surface area contributed by atoms with E-state index >= 15 is 0 Å². The van der Waals surface area contributed by atoms with Crippen LogP contribution in [0.2, 0.25) is 25.7 Å². The summed E-state index contributed by atoms with van der Waals surface area (Å²) in [5.41, 5.74) is 0.310. The minimum Gasteiger partial charge on any atom is -0.466 e. The van der Waals surface area contributed by atoms with E-state index in [-0.39, 0.29) is 30.8 Å². The Labute approximate surface area is 245 Å². The average molecular weight is 644 g/mol. The molecule has 0 radical (unpaired) electrons. The van der Waals surface area contributed by atoms with Gasteiger partial charge in [-0.25, -0.2) is 4.79 Å². The zero-order chi connectivity index (χ0) is 29.7. The van der Waals surface area contributed by atoms with Crippen molar-refractivity contribution < 1.29 is 23.8 Å². The molecule has 1 saturated heterocycles. The van der Waals surface area contributed by atoms with Crippen LogP contribution in [0.25, 0.3) is 5.78 Å². The third kappa shape index (κ3) is 8.77. The molecule has 0 aromatic carbocycles. The van der Waals surface area contributed by atoms with Crippen molar-refractivity contribution in [1.29, 1.82) is 0 Å². The second-order valence-corrected chi connectivity index (χ2v) is 18.4. The number of fused-ring (bicyclic) bond motifs is 1. The molecule has 1 aliphatic heterocycles. The van der Waals surface area contributed by atoms with Crippen LogP contribution in [-0.4, -0.2) is 89.2 Å². The quantitative estimate of drug-likeness (QED) is 0.204. The van der Waals surface area contributed by atoms with Gasteiger partial charge in [0.05, 0.1) is 12.3 Å². The van der Waals surface area contributed by atoms with Crippen molar-refractivity contribution in [1.82, 2.24) is 24.1 Å². The van der Waals surface area contributed by atoms with Crippen LogP contribution in [0.4, 0.5) is 10.5 Å². The van der Waals surface area contributed by atoms with Crippen LogP contribution < -0.4 is 10.5 Å². The molecule has 1 aliphatic rings. The van der Waals surface area contributed by atoms with E-state index in [2.05, 4.69) is 45.7 Å². The highest BCUT2D eigenvalue weighted by molar-refractivity contribution is 9.10. The number of aromatic nitrogens is 4. The lowest BCUT2D eigenvalue weighted by atomic mass is 10.1. The van der Waals surface area contributed by atoms with Gasteiger partial charge < -0.3 is 24.0 Å². The molecular weight excluding hydrogens is 600 g/mol. The Kier molecular flexibility index (Phi) is 10.8. The van der Waals surface area contributed by atoms with Gasteiger partial charge in [0.1, 0.15) is 18.0 Å². The monoisotopic (exact) mass is 642 g/mol. The second kappa shape index (κ2) is 13.5. The number of halogens is 1. The van der Waals surface area contributed by atoms with E-state index in [0.717, 1.165) is 11.7 Å². The topological polar surface area (TPSA) is 121 Å². The highest BCUT2D eigenvalue weighted by Gasteiger charge is 2.30. The molecule has 0 unspecified atom stereocenters. The Hall–Kier alpha value is -2.45. The van der Waals surface area contributed by atoms with Gasteiger partial charge in [-0.1, -0.05) is 19.6 Å². The van der Waals surface area contributed by atoms with E-state index in [1.807, 2.05) is 30.2 Å². The van der Waals surface area contributed by atoms with E-state index in [9.17, 15) is 14.4 Å². The maximum Gasteiger partial charge on any atom is 0.410 e. The lowest BCUT2D eigenvalue weighted by Crippen LogP contribution is -2.51. The number of esters is 1. The highest BCUT2D eigenvalue weighted by Crippen LogP contribution is 2.24. The van der Waals surface area contributed by atoms with Crippen molar-refractivity contribution >= 4 is 47.5 Å². The summed E-state index contributed by atoms with van der Waals surface area (Å²) in [4.78, 5) is 46.7. The molecule has 14 heteroatoms. The van der Waals surface area contributed by atoms with Crippen molar-refractivity contribution in [2.24, 2.45) is 0 Å². The summed E-state index contributed by atoms with van der Waals surface area (Å²) in [6.45, 7) is 17.0. The Morgan fingerprint density at radius 3 is 2.38 bits per heavy atom. The van der Waals surface area contributed by atoms with Crippen LogP contribution in [0.3, 0.4) is 0 Å². The lowest BCUT2D eigenvalue weighted by Gasteiger charge is -2.37. The highest BCUT2D eigenvalue weighted by atomic mass is 79.9. The van der Waals surface area contributed by atoms with Crippen LogP contribution in [0.5, 0.6) is 0 Å². The van der Waals surface area contributed by atoms with Crippen LogP contribution in [0.1, 0.15) is 46.2 Å². The Balaban J connectivity index is 1.96. The SMILES string of the molecule is CCOC(=O)CCCc1c(N2CCN(C(=O)OC(C)(C)C)CC2)c(=O)n2nc(Br)nc2n1COCC[Si](C)(C)C. The van der Waals surface area contributed by atoms with Gasteiger partial charge in [0.15, 0.2) is 0 Å². The number of hydrogen-bond acceptors (Lipinski definition) is 9. The molecule has 3 heterocycles. The predicted molar refractivity (Wildman–Crippen MR) is 159 cm³/mol. The normalized spacial score (nSPS) is 14.6. The van der Waals surface area contributed by atoms with Crippen LogP contribution in [0, 0.1) is 0 Å². The van der Waals surface area contributed by atoms with Crippen molar-refractivity contribution in [3.8, 4) is 0 Å². The molecule has 0 N–H and O–H groups in total. The minimum atomic E-state index is -1.30. The number of hydrogen-bond donors (Lipinski definition) is 0. The fraction of sp³-hybridized carbons (Fsp3) is 0.731. The molecule has 1 fully saturated rings. The molecular formula is C26H43BrN6O6Si. The summed E-state index contributed by atoms with van der Waals surface area (Å²) in [5, 5.41) is 4.31. The maximum atomic E-state index is 13.8. The second-order valence-electron chi connectivity index (χ2n) is 12.1. The molecule has 40 heavy (non-hydrogen) atoms. The molecule has 224 valence electrons. The van der Waals surface area contributed by atoms with E-state index in [1.165, 1.54) is 4.52 Å². The molecule has 0 atom stereocenters. The fourth-order valence-electron chi connectivity index (χ4n) is 4.38. The van der Waals surface area contributed by atoms with Crippen molar-refractivity contribution in [3.05, 3.63) is 20.8 Å². The maximum absolute atomic E-state index is 13.8. The van der Waals surface area contributed by atoms with Crippen LogP contribution in [-0.2, 0) is 32.2 Å². The Bertz CT molecular complexity index is 1240. The summed E-state index contributed by atoms with van der Waals surface area (Å²) in [5.74, 6) is 0.0914. The number of carbonyl (C=O) groups is 2. The van der Waals surface area contributed by atoms with Gasteiger partial charge in [0.25, 0.3) is 5.56 Å². The number of rotatable bonds is 11.